The standard InChI is InChI=1S/C19H19N3O3/c1-22-13-17(18(21-22)14-5-3-2-4-6-14)19(24)20-15-7-9-16(10-8-15)25-12-11-23/h2-10,13,23H,11-12H2,1H3,(H,20,24). The Bertz CT molecular complexity index is 842. The van der Waals surface area contributed by atoms with Crippen molar-refractivity contribution in [1.29, 1.82) is 0 Å². The summed E-state index contributed by atoms with van der Waals surface area (Å²) in [4.78, 5) is 12.6. The maximum atomic E-state index is 12.6. The summed E-state index contributed by atoms with van der Waals surface area (Å²) in [5.74, 6) is 0.411. The van der Waals surface area contributed by atoms with Crippen molar-refractivity contribution in [1.82, 2.24) is 9.78 Å². The number of anilines is 1. The molecule has 1 amide bonds. The molecule has 0 aliphatic heterocycles. The van der Waals surface area contributed by atoms with Gasteiger partial charge in [-0.15, -0.1) is 0 Å². The molecule has 25 heavy (non-hydrogen) atoms. The lowest BCUT2D eigenvalue weighted by Gasteiger charge is -2.07. The minimum Gasteiger partial charge on any atom is -0.491 e. The molecule has 1 heterocycles. The van der Waals surface area contributed by atoms with E-state index in [4.69, 9.17) is 9.84 Å². The van der Waals surface area contributed by atoms with Crippen molar-refractivity contribution >= 4 is 11.6 Å². The Morgan fingerprint density at radius 2 is 1.88 bits per heavy atom. The second-order valence-corrected chi connectivity index (χ2v) is 5.48. The summed E-state index contributed by atoms with van der Waals surface area (Å²) in [6.45, 7) is 0.198. The Hall–Kier alpha value is -3.12. The molecular weight excluding hydrogens is 318 g/mol. The Morgan fingerprint density at radius 3 is 2.56 bits per heavy atom. The van der Waals surface area contributed by atoms with E-state index in [1.807, 2.05) is 30.3 Å². The Balaban J connectivity index is 1.78. The number of aryl methyl sites for hydroxylation is 1. The molecule has 1 aromatic heterocycles. The summed E-state index contributed by atoms with van der Waals surface area (Å²) in [7, 11) is 1.79. The molecule has 0 fully saturated rings. The zero-order valence-electron chi connectivity index (χ0n) is 13.8. The van der Waals surface area contributed by atoms with Gasteiger partial charge in [0.2, 0.25) is 0 Å². The van der Waals surface area contributed by atoms with E-state index < -0.39 is 0 Å². The predicted octanol–water partition coefficient (Wildman–Crippen LogP) is 2.71. The number of nitrogens with one attached hydrogen (secondary N) is 1. The highest BCUT2D eigenvalue weighted by molar-refractivity contribution is 6.08. The minimum absolute atomic E-state index is 0.0399. The molecule has 0 saturated carbocycles. The summed E-state index contributed by atoms with van der Waals surface area (Å²) in [6, 6.07) is 16.6. The molecule has 0 atom stereocenters. The van der Waals surface area contributed by atoms with E-state index in [9.17, 15) is 4.79 Å². The Kier molecular flexibility index (Phi) is 5.11. The summed E-state index contributed by atoms with van der Waals surface area (Å²) in [6.07, 6.45) is 1.70. The van der Waals surface area contributed by atoms with Crippen LogP contribution in [0.25, 0.3) is 11.3 Å². The van der Waals surface area contributed by atoms with Crippen LogP contribution in [0.4, 0.5) is 5.69 Å². The number of hydrogen-bond acceptors (Lipinski definition) is 4. The molecule has 3 rings (SSSR count). The van der Waals surface area contributed by atoms with Gasteiger partial charge in [0.1, 0.15) is 18.1 Å². The first kappa shape index (κ1) is 16.7. The third-order valence-electron chi connectivity index (χ3n) is 3.59. The van der Waals surface area contributed by atoms with Crippen LogP contribution in [0.2, 0.25) is 0 Å². The largest absolute Gasteiger partial charge is 0.491 e. The number of rotatable bonds is 6. The van der Waals surface area contributed by atoms with Gasteiger partial charge in [-0.25, -0.2) is 0 Å². The summed E-state index contributed by atoms with van der Waals surface area (Å²) >= 11 is 0. The number of aromatic nitrogens is 2. The van der Waals surface area contributed by atoms with Crippen LogP contribution < -0.4 is 10.1 Å². The van der Waals surface area contributed by atoms with Crippen molar-refractivity contribution in [2.45, 2.75) is 0 Å². The quantitative estimate of drug-likeness (QED) is 0.725. The first-order valence-corrected chi connectivity index (χ1v) is 7.91. The fourth-order valence-electron chi connectivity index (χ4n) is 2.46. The maximum absolute atomic E-state index is 12.6. The van der Waals surface area contributed by atoms with Crippen LogP contribution in [0.5, 0.6) is 5.75 Å². The van der Waals surface area contributed by atoms with E-state index in [2.05, 4.69) is 10.4 Å². The van der Waals surface area contributed by atoms with Crippen LogP contribution in [-0.2, 0) is 7.05 Å². The average Bonchev–Trinajstić information content (AvgIpc) is 3.04. The number of nitrogens with zero attached hydrogens (tertiary/aromatic N) is 2. The monoisotopic (exact) mass is 337 g/mol. The van der Waals surface area contributed by atoms with Crippen molar-refractivity contribution in [3.8, 4) is 17.0 Å². The van der Waals surface area contributed by atoms with Crippen molar-refractivity contribution in [2.75, 3.05) is 18.5 Å². The highest BCUT2D eigenvalue weighted by Gasteiger charge is 2.17. The zero-order chi connectivity index (χ0) is 17.6. The van der Waals surface area contributed by atoms with Gasteiger partial charge in [0.05, 0.1) is 12.2 Å². The fourth-order valence-corrected chi connectivity index (χ4v) is 2.46. The van der Waals surface area contributed by atoms with Crippen molar-refractivity contribution < 1.29 is 14.6 Å². The number of aliphatic hydroxyl groups is 1. The van der Waals surface area contributed by atoms with Gasteiger partial charge in [-0.05, 0) is 24.3 Å². The molecule has 0 radical (unpaired) electrons. The van der Waals surface area contributed by atoms with Gasteiger partial charge in [-0.2, -0.15) is 5.10 Å². The normalized spacial score (nSPS) is 10.5. The predicted molar refractivity (Wildman–Crippen MR) is 95.6 cm³/mol. The molecule has 0 aliphatic carbocycles. The van der Waals surface area contributed by atoms with Crippen molar-refractivity contribution in [2.24, 2.45) is 7.05 Å². The van der Waals surface area contributed by atoms with Crippen LogP contribution >= 0.6 is 0 Å². The van der Waals surface area contributed by atoms with Crippen LogP contribution in [0.3, 0.4) is 0 Å². The van der Waals surface area contributed by atoms with Gasteiger partial charge in [-0.3, -0.25) is 9.48 Å². The lowest BCUT2D eigenvalue weighted by molar-refractivity contribution is 0.102. The van der Waals surface area contributed by atoms with Crippen LogP contribution in [-0.4, -0.2) is 34.0 Å². The topological polar surface area (TPSA) is 76.4 Å². The second-order valence-electron chi connectivity index (χ2n) is 5.48. The lowest BCUT2D eigenvalue weighted by Crippen LogP contribution is -2.12. The number of aliphatic hydroxyl groups excluding tert-OH is 1. The first-order valence-electron chi connectivity index (χ1n) is 7.91. The number of amides is 1. The van der Waals surface area contributed by atoms with Gasteiger partial charge in [0.15, 0.2) is 0 Å². The average molecular weight is 337 g/mol. The molecule has 3 aromatic rings. The third-order valence-corrected chi connectivity index (χ3v) is 3.59. The number of carbonyl (C=O) groups excluding carboxylic acids is 1. The van der Waals surface area contributed by atoms with Gasteiger partial charge in [-0.1, -0.05) is 30.3 Å². The van der Waals surface area contributed by atoms with Crippen molar-refractivity contribution in [3.05, 3.63) is 66.4 Å². The highest BCUT2D eigenvalue weighted by atomic mass is 16.5. The molecule has 128 valence electrons. The van der Waals surface area contributed by atoms with Gasteiger partial charge >= 0.3 is 0 Å². The Morgan fingerprint density at radius 1 is 1.16 bits per heavy atom. The molecule has 0 saturated heterocycles. The third kappa shape index (κ3) is 4.05. The molecule has 6 nitrogen and oxygen atoms in total. The fraction of sp³-hybridized carbons (Fsp3) is 0.158. The zero-order valence-corrected chi connectivity index (χ0v) is 13.8. The van der Waals surface area contributed by atoms with Crippen molar-refractivity contribution in [3.63, 3.8) is 0 Å². The van der Waals surface area contributed by atoms with Gasteiger partial charge in [0, 0.05) is 24.5 Å². The summed E-state index contributed by atoms with van der Waals surface area (Å²) < 4.78 is 6.93. The molecule has 0 spiro atoms. The number of hydrogen-bond donors (Lipinski definition) is 2. The molecule has 2 aromatic carbocycles. The van der Waals surface area contributed by atoms with E-state index in [-0.39, 0.29) is 19.1 Å². The van der Waals surface area contributed by atoms with Gasteiger partial charge in [0.25, 0.3) is 5.91 Å². The smallest absolute Gasteiger partial charge is 0.259 e. The second kappa shape index (κ2) is 7.63. The maximum Gasteiger partial charge on any atom is 0.259 e. The molecular formula is C19H19N3O3. The number of ether oxygens (including phenoxy) is 1. The number of carbonyl (C=O) groups is 1. The van der Waals surface area contributed by atoms with Crippen LogP contribution in [0.1, 0.15) is 10.4 Å². The first-order chi connectivity index (χ1) is 12.2. The molecule has 0 unspecified atom stereocenters. The summed E-state index contributed by atoms with van der Waals surface area (Å²) in [5.41, 5.74) is 2.70. The van der Waals surface area contributed by atoms with Crippen LogP contribution in [0, 0.1) is 0 Å². The van der Waals surface area contributed by atoms with E-state index >= 15 is 0 Å². The van der Waals surface area contributed by atoms with E-state index in [0.717, 1.165) is 5.56 Å². The van der Waals surface area contributed by atoms with Gasteiger partial charge < -0.3 is 15.2 Å². The molecule has 2 N–H and O–H groups in total. The van der Waals surface area contributed by atoms with E-state index in [0.29, 0.717) is 22.7 Å². The summed E-state index contributed by atoms with van der Waals surface area (Å²) in [5, 5.41) is 16.0. The lowest BCUT2D eigenvalue weighted by atomic mass is 10.1. The minimum atomic E-state index is -0.226. The molecule has 0 bridgehead atoms. The Labute approximate surface area is 145 Å². The van der Waals surface area contributed by atoms with E-state index in [1.165, 1.54) is 0 Å². The van der Waals surface area contributed by atoms with E-state index in [1.54, 1.807) is 42.2 Å². The highest BCUT2D eigenvalue weighted by Crippen LogP contribution is 2.23. The number of benzene rings is 2. The molecule has 0 aliphatic rings. The SMILES string of the molecule is Cn1cc(C(=O)Nc2ccc(OCCO)cc2)c(-c2ccccc2)n1. The molecule has 6 heteroatoms. The van der Waals surface area contributed by atoms with Crippen LogP contribution in [0.15, 0.2) is 60.8 Å².